The van der Waals surface area contributed by atoms with E-state index in [4.69, 9.17) is 0 Å². The predicted molar refractivity (Wildman–Crippen MR) is 59.6 cm³/mol. The van der Waals surface area contributed by atoms with Crippen LogP contribution in [0.2, 0.25) is 0 Å². The minimum Gasteiger partial charge on any atom is -0.0625 e. The van der Waals surface area contributed by atoms with Gasteiger partial charge in [-0.3, -0.25) is 0 Å². The maximum atomic E-state index is 2.46. The van der Waals surface area contributed by atoms with Crippen molar-refractivity contribution in [2.24, 2.45) is 35.5 Å². The summed E-state index contributed by atoms with van der Waals surface area (Å²) in [4.78, 5) is 0. The fourth-order valence-corrected chi connectivity index (χ4v) is 2.78. The number of hydrogen-bond acceptors (Lipinski definition) is 0. The molecule has 13 heavy (non-hydrogen) atoms. The normalized spacial score (nSPS) is 38.5. The zero-order valence-electron chi connectivity index (χ0n) is 10.2. The van der Waals surface area contributed by atoms with Crippen LogP contribution in [0.4, 0.5) is 0 Å². The Morgan fingerprint density at radius 1 is 1.00 bits per heavy atom. The summed E-state index contributed by atoms with van der Waals surface area (Å²) in [7, 11) is 0. The van der Waals surface area contributed by atoms with Gasteiger partial charge in [0.1, 0.15) is 0 Å². The first-order valence-electron chi connectivity index (χ1n) is 5.95. The maximum absolute atomic E-state index is 2.46. The Kier molecular flexibility index (Phi) is 3.43. The van der Waals surface area contributed by atoms with Crippen LogP contribution in [0.1, 0.15) is 48.0 Å². The fraction of sp³-hybridized carbons (Fsp3) is 1.00. The smallest absolute Gasteiger partial charge is 0.0355 e. The van der Waals surface area contributed by atoms with E-state index in [1.807, 2.05) is 0 Å². The number of rotatable bonds is 3. The Morgan fingerprint density at radius 3 is 1.85 bits per heavy atom. The standard InChI is InChI=1S/C13H26/c1-8(2)10(4)12(6)13-7-9(3)11(13)5/h8-13H,7H2,1-6H3. The predicted octanol–water partition coefficient (Wildman–Crippen LogP) is 4.21. The van der Waals surface area contributed by atoms with Gasteiger partial charge in [-0.25, -0.2) is 0 Å². The highest BCUT2D eigenvalue weighted by Gasteiger charge is 2.39. The molecular formula is C13H26. The third kappa shape index (κ3) is 2.08. The van der Waals surface area contributed by atoms with Crippen LogP contribution in [0.25, 0.3) is 0 Å². The van der Waals surface area contributed by atoms with Crippen molar-refractivity contribution >= 4 is 0 Å². The molecule has 0 heteroatoms. The van der Waals surface area contributed by atoms with Gasteiger partial charge in [-0.05, 0) is 41.9 Å². The lowest BCUT2D eigenvalue weighted by atomic mass is 9.59. The molecule has 0 radical (unpaired) electrons. The van der Waals surface area contributed by atoms with E-state index >= 15 is 0 Å². The summed E-state index contributed by atoms with van der Waals surface area (Å²) in [6.07, 6.45) is 1.47. The second-order valence-electron chi connectivity index (χ2n) is 5.70. The molecule has 5 unspecified atom stereocenters. The van der Waals surface area contributed by atoms with E-state index in [-0.39, 0.29) is 0 Å². The van der Waals surface area contributed by atoms with Gasteiger partial charge in [0.15, 0.2) is 0 Å². The molecule has 0 aliphatic heterocycles. The summed E-state index contributed by atoms with van der Waals surface area (Å²) in [6.45, 7) is 14.4. The summed E-state index contributed by atoms with van der Waals surface area (Å²) < 4.78 is 0. The lowest BCUT2D eigenvalue weighted by Gasteiger charge is -2.47. The minimum absolute atomic E-state index is 0.845. The van der Waals surface area contributed by atoms with Crippen LogP contribution in [-0.2, 0) is 0 Å². The second-order valence-corrected chi connectivity index (χ2v) is 5.70. The van der Waals surface area contributed by atoms with Crippen molar-refractivity contribution in [3.8, 4) is 0 Å². The molecule has 0 aromatic carbocycles. The van der Waals surface area contributed by atoms with Gasteiger partial charge in [-0.15, -0.1) is 0 Å². The Morgan fingerprint density at radius 2 is 1.54 bits per heavy atom. The SMILES string of the molecule is CC(C)C(C)C(C)C1CC(C)C1C. The molecule has 0 N–H and O–H groups in total. The van der Waals surface area contributed by atoms with Gasteiger partial charge in [-0.1, -0.05) is 41.5 Å². The first kappa shape index (κ1) is 11.1. The van der Waals surface area contributed by atoms with E-state index in [9.17, 15) is 0 Å². The van der Waals surface area contributed by atoms with E-state index in [0.29, 0.717) is 0 Å². The van der Waals surface area contributed by atoms with Crippen LogP contribution in [0.15, 0.2) is 0 Å². The van der Waals surface area contributed by atoms with Gasteiger partial charge < -0.3 is 0 Å². The zero-order chi connectivity index (χ0) is 10.2. The summed E-state index contributed by atoms with van der Waals surface area (Å²) >= 11 is 0. The van der Waals surface area contributed by atoms with Crippen molar-refractivity contribution in [2.45, 2.75) is 48.0 Å². The van der Waals surface area contributed by atoms with Crippen molar-refractivity contribution in [3.63, 3.8) is 0 Å². The molecule has 1 saturated carbocycles. The van der Waals surface area contributed by atoms with Crippen LogP contribution in [-0.4, -0.2) is 0 Å². The van der Waals surface area contributed by atoms with E-state index in [2.05, 4.69) is 41.5 Å². The average molecular weight is 182 g/mol. The summed E-state index contributed by atoms with van der Waals surface area (Å²) in [5.74, 6) is 5.61. The summed E-state index contributed by atoms with van der Waals surface area (Å²) in [5.41, 5.74) is 0. The molecule has 0 aromatic heterocycles. The largest absolute Gasteiger partial charge is 0.0625 e. The number of hydrogen-bond donors (Lipinski definition) is 0. The third-order valence-electron chi connectivity index (χ3n) is 4.77. The van der Waals surface area contributed by atoms with Gasteiger partial charge in [0.25, 0.3) is 0 Å². The topological polar surface area (TPSA) is 0 Å². The molecule has 0 heterocycles. The van der Waals surface area contributed by atoms with E-state index in [0.717, 1.165) is 35.5 Å². The highest BCUT2D eigenvalue weighted by Crippen LogP contribution is 2.47. The molecule has 0 saturated heterocycles. The van der Waals surface area contributed by atoms with Gasteiger partial charge >= 0.3 is 0 Å². The Hall–Kier alpha value is 0. The molecule has 78 valence electrons. The Balaban J connectivity index is 2.45. The molecule has 1 aliphatic rings. The van der Waals surface area contributed by atoms with Crippen LogP contribution in [0, 0.1) is 35.5 Å². The Labute approximate surface area is 84.1 Å². The van der Waals surface area contributed by atoms with Gasteiger partial charge in [0.2, 0.25) is 0 Å². The third-order valence-corrected chi connectivity index (χ3v) is 4.77. The van der Waals surface area contributed by atoms with Crippen LogP contribution in [0.5, 0.6) is 0 Å². The lowest BCUT2D eigenvalue weighted by molar-refractivity contribution is 0.0231. The Bertz CT molecular complexity index is 159. The fourth-order valence-electron chi connectivity index (χ4n) is 2.78. The van der Waals surface area contributed by atoms with Gasteiger partial charge in [0, 0.05) is 0 Å². The maximum Gasteiger partial charge on any atom is -0.0355 e. The van der Waals surface area contributed by atoms with Crippen molar-refractivity contribution in [1.82, 2.24) is 0 Å². The monoisotopic (exact) mass is 182 g/mol. The van der Waals surface area contributed by atoms with Crippen LogP contribution in [0.3, 0.4) is 0 Å². The van der Waals surface area contributed by atoms with Gasteiger partial charge in [0.05, 0.1) is 0 Å². The summed E-state index contributed by atoms with van der Waals surface area (Å²) in [5, 5.41) is 0. The highest BCUT2D eigenvalue weighted by atomic mass is 14.4. The van der Waals surface area contributed by atoms with Gasteiger partial charge in [-0.2, -0.15) is 0 Å². The molecule has 0 nitrogen and oxygen atoms in total. The van der Waals surface area contributed by atoms with Crippen molar-refractivity contribution in [1.29, 1.82) is 0 Å². The quantitative estimate of drug-likeness (QED) is 0.613. The van der Waals surface area contributed by atoms with E-state index < -0.39 is 0 Å². The average Bonchev–Trinajstić information content (AvgIpc) is 2.10. The van der Waals surface area contributed by atoms with E-state index in [1.54, 1.807) is 0 Å². The molecule has 0 spiro atoms. The second kappa shape index (κ2) is 4.02. The molecule has 0 amide bonds. The molecule has 1 fully saturated rings. The van der Waals surface area contributed by atoms with Crippen molar-refractivity contribution in [2.75, 3.05) is 0 Å². The van der Waals surface area contributed by atoms with E-state index in [1.165, 1.54) is 6.42 Å². The van der Waals surface area contributed by atoms with Crippen LogP contribution >= 0.6 is 0 Å². The summed E-state index contributed by atoms with van der Waals surface area (Å²) in [6, 6.07) is 0. The highest BCUT2D eigenvalue weighted by molar-refractivity contribution is 4.88. The first-order chi connectivity index (χ1) is 5.95. The first-order valence-corrected chi connectivity index (χ1v) is 5.95. The zero-order valence-corrected chi connectivity index (χ0v) is 10.2. The molecule has 0 aromatic rings. The molecule has 1 rings (SSSR count). The lowest BCUT2D eigenvalue weighted by Crippen LogP contribution is -2.39. The molecular weight excluding hydrogens is 156 g/mol. The molecule has 5 atom stereocenters. The minimum atomic E-state index is 0.845. The van der Waals surface area contributed by atoms with Crippen molar-refractivity contribution in [3.05, 3.63) is 0 Å². The molecule has 1 aliphatic carbocycles. The molecule has 0 bridgehead atoms. The van der Waals surface area contributed by atoms with Crippen molar-refractivity contribution < 1.29 is 0 Å². The van der Waals surface area contributed by atoms with Crippen LogP contribution < -0.4 is 0 Å².